The summed E-state index contributed by atoms with van der Waals surface area (Å²) in [5, 5.41) is 0. The molecule has 26 heavy (non-hydrogen) atoms. The van der Waals surface area contributed by atoms with Crippen molar-refractivity contribution in [3.8, 4) is 0 Å². The van der Waals surface area contributed by atoms with E-state index in [0.29, 0.717) is 0 Å². The van der Waals surface area contributed by atoms with Gasteiger partial charge in [0.05, 0.1) is 0 Å². The number of allylic oxidation sites excluding steroid dienone is 19. The van der Waals surface area contributed by atoms with Gasteiger partial charge in [-0.05, 0) is 13.0 Å². The van der Waals surface area contributed by atoms with E-state index < -0.39 is 10.4 Å². The van der Waals surface area contributed by atoms with E-state index in [9.17, 15) is 8.42 Å². The predicted molar refractivity (Wildman–Crippen MR) is 110 cm³/mol. The van der Waals surface area contributed by atoms with Gasteiger partial charge in [0, 0.05) is 0 Å². The van der Waals surface area contributed by atoms with E-state index in [-0.39, 0.29) is 0 Å². The minimum atomic E-state index is -4.42. The molecule has 4 nitrogen and oxygen atoms in total. The van der Waals surface area contributed by atoms with Crippen LogP contribution in [0.15, 0.2) is 122 Å². The van der Waals surface area contributed by atoms with Crippen molar-refractivity contribution in [2.24, 2.45) is 0 Å². The molecular weight excluding hydrogens is 348 g/mol. The fourth-order valence-corrected chi connectivity index (χ4v) is 1.49. The minimum absolute atomic E-state index is 0.870. The van der Waals surface area contributed by atoms with E-state index in [0.717, 1.165) is 6.26 Å². The molecule has 0 aliphatic heterocycles. The number of hydrogen-bond acceptors (Lipinski definition) is 3. The van der Waals surface area contributed by atoms with Crippen LogP contribution in [-0.4, -0.2) is 13.0 Å². The van der Waals surface area contributed by atoms with E-state index in [1.807, 2.05) is 98.1 Å². The molecular formula is C21H24O4S. The van der Waals surface area contributed by atoms with Gasteiger partial charge < -0.3 is 4.18 Å². The molecule has 0 aliphatic carbocycles. The predicted octanol–water partition coefficient (Wildman–Crippen LogP) is 5.35. The summed E-state index contributed by atoms with van der Waals surface area (Å²) >= 11 is 0. The van der Waals surface area contributed by atoms with Gasteiger partial charge in [0.2, 0.25) is 0 Å². The van der Waals surface area contributed by atoms with Gasteiger partial charge in [0.1, 0.15) is 6.26 Å². The topological polar surface area (TPSA) is 63.6 Å². The second-order valence-electron chi connectivity index (χ2n) is 4.46. The Morgan fingerprint density at radius 3 is 1.08 bits per heavy atom. The van der Waals surface area contributed by atoms with Gasteiger partial charge in [-0.25, -0.2) is 0 Å². The third-order valence-electron chi connectivity index (χ3n) is 2.34. The molecule has 0 aromatic heterocycles. The molecule has 1 N–H and O–H groups in total. The van der Waals surface area contributed by atoms with Crippen molar-refractivity contribution in [3.63, 3.8) is 0 Å². The second kappa shape index (κ2) is 17.0. The zero-order chi connectivity index (χ0) is 19.3. The van der Waals surface area contributed by atoms with Crippen molar-refractivity contribution >= 4 is 10.4 Å². The highest BCUT2D eigenvalue weighted by Gasteiger charge is 1.97. The first-order valence-corrected chi connectivity index (χ1v) is 9.19. The van der Waals surface area contributed by atoms with Gasteiger partial charge in [0.15, 0.2) is 0 Å². The third kappa shape index (κ3) is 21.1. The van der Waals surface area contributed by atoms with Gasteiger partial charge in [-0.1, -0.05) is 109 Å². The highest BCUT2D eigenvalue weighted by molar-refractivity contribution is 7.81. The van der Waals surface area contributed by atoms with Crippen LogP contribution in [0.2, 0.25) is 0 Å². The van der Waals surface area contributed by atoms with Crippen LogP contribution >= 0.6 is 0 Å². The van der Waals surface area contributed by atoms with Crippen molar-refractivity contribution < 1.29 is 17.2 Å². The SMILES string of the molecule is C/C=C/C=C/C=C/C=C/C=C/C=C/C=C/C=C/C=C/C=C/OS(=O)(=O)O. The maximum absolute atomic E-state index is 10.2. The Labute approximate surface area is 156 Å². The maximum Gasteiger partial charge on any atom is 0.445 e. The third-order valence-corrected chi connectivity index (χ3v) is 2.69. The Morgan fingerprint density at radius 1 is 0.538 bits per heavy atom. The summed E-state index contributed by atoms with van der Waals surface area (Å²) in [5.74, 6) is 0. The fraction of sp³-hybridized carbons (Fsp3) is 0.0476. The quantitative estimate of drug-likeness (QED) is 0.302. The van der Waals surface area contributed by atoms with Crippen LogP contribution in [0, 0.1) is 0 Å². The van der Waals surface area contributed by atoms with Crippen LogP contribution < -0.4 is 0 Å². The largest absolute Gasteiger partial charge is 0.445 e. The van der Waals surface area contributed by atoms with Crippen LogP contribution in [-0.2, 0) is 14.6 Å². The lowest BCUT2D eigenvalue weighted by molar-refractivity contribution is 0.356. The maximum atomic E-state index is 10.2. The molecule has 0 spiro atoms. The molecule has 0 radical (unpaired) electrons. The van der Waals surface area contributed by atoms with E-state index >= 15 is 0 Å². The highest BCUT2D eigenvalue weighted by Crippen LogP contribution is 1.89. The Morgan fingerprint density at radius 2 is 0.808 bits per heavy atom. The molecule has 0 fully saturated rings. The highest BCUT2D eigenvalue weighted by atomic mass is 32.3. The Balaban J connectivity index is 3.96. The second-order valence-corrected chi connectivity index (χ2v) is 5.51. The molecule has 0 bridgehead atoms. The average molecular weight is 372 g/mol. The Bertz CT molecular complexity index is 754. The van der Waals surface area contributed by atoms with E-state index in [1.54, 1.807) is 18.2 Å². The lowest BCUT2D eigenvalue weighted by Crippen LogP contribution is -1.96. The summed E-state index contributed by atoms with van der Waals surface area (Å²) in [5.41, 5.74) is 0. The summed E-state index contributed by atoms with van der Waals surface area (Å²) in [4.78, 5) is 0. The van der Waals surface area contributed by atoms with Gasteiger partial charge in [-0.2, -0.15) is 8.42 Å². The van der Waals surface area contributed by atoms with Crippen LogP contribution in [0.4, 0.5) is 0 Å². The summed E-state index contributed by atoms with van der Waals surface area (Å²) in [7, 11) is -4.42. The van der Waals surface area contributed by atoms with E-state index in [1.165, 1.54) is 6.08 Å². The molecule has 0 rings (SSSR count). The number of rotatable bonds is 11. The fourth-order valence-electron chi connectivity index (χ4n) is 1.29. The molecule has 0 aromatic carbocycles. The average Bonchev–Trinajstić information content (AvgIpc) is 2.59. The Hall–Kier alpha value is -2.89. The zero-order valence-electron chi connectivity index (χ0n) is 14.6. The number of hydrogen-bond donors (Lipinski definition) is 1. The van der Waals surface area contributed by atoms with Crippen LogP contribution in [0.5, 0.6) is 0 Å². The molecule has 0 atom stereocenters. The summed E-state index contributed by atoms with van der Waals surface area (Å²) in [6.45, 7) is 1.97. The molecule has 138 valence electrons. The van der Waals surface area contributed by atoms with Gasteiger partial charge >= 0.3 is 10.4 Å². The smallest absolute Gasteiger partial charge is 0.370 e. The molecule has 5 heteroatoms. The molecule has 0 amide bonds. The van der Waals surface area contributed by atoms with Crippen molar-refractivity contribution in [2.75, 3.05) is 0 Å². The summed E-state index contributed by atoms with van der Waals surface area (Å²) in [6.07, 6.45) is 36.1. The van der Waals surface area contributed by atoms with Crippen molar-refractivity contribution in [1.29, 1.82) is 0 Å². The summed E-state index contributed by atoms with van der Waals surface area (Å²) in [6, 6.07) is 0. The van der Waals surface area contributed by atoms with Crippen molar-refractivity contribution in [2.45, 2.75) is 6.92 Å². The molecule has 0 aromatic rings. The Kier molecular flexibility index (Phi) is 15.1. The lowest BCUT2D eigenvalue weighted by atomic mass is 10.3. The molecule has 0 saturated carbocycles. The van der Waals surface area contributed by atoms with Crippen LogP contribution in [0.25, 0.3) is 0 Å². The standard InChI is InChI=1S/C21H24O4S/c1-2-3-4-5-6-7-8-9-10-11-12-13-14-15-16-17-18-19-20-21-25-26(22,23)24/h2-21H,1H3,(H,22,23,24)/b3-2+,5-4+,7-6+,9-8+,11-10+,13-12+,15-14+,17-16+,19-18+,21-20+. The first-order chi connectivity index (χ1) is 12.6. The molecule has 0 saturated heterocycles. The van der Waals surface area contributed by atoms with Crippen molar-refractivity contribution in [3.05, 3.63) is 122 Å². The minimum Gasteiger partial charge on any atom is -0.370 e. The van der Waals surface area contributed by atoms with Gasteiger partial charge in [-0.15, -0.1) is 0 Å². The molecule has 0 heterocycles. The first-order valence-electron chi connectivity index (χ1n) is 7.83. The van der Waals surface area contributed by atoms with Gasteiger partial charge in [0.25, 0.3) is 0 Å². The normalized spacial score (nSPS) is 14.8. The van der Waals surface area contributed by atoms with E-state index in [2.05, 4.69) is 4.18 Å². The first kappa shape index (κ1) is 23.1. The summed E-state index contributed by atoms with van der Waals surface area (Å²) < 4.78 is 32.8. The van der Waals surface area contributed by atoms with Crippen molar-refractivity contribution in [1.82, 2.24) is 0 Å². The monoisotopic (exact) mass is 372 g/mol. The zero-order valence-corrected chi connectivity index (χ0v) is 15.4. The van der Waals surface area contributed by atoms with Gasteiger partial charge in [-0.3, -0.25) is 4.55 Å². The van der Waals surface area contributed by atoms with E-state index in [4.69, 9.17) is 4.55 Å². The molecule has 0 unspecified atom stereocenters. The lowest BCUT2D eigenvalue weighted by Gasteiger charge is -1.89. The van der Waals surface area contributed by atoms with Crippen LogP contribution in [0.3, 0.4) is 0 Å². The molecule has 0 aliphatic rings. The van der Waals surface area contributed by atoms with Crippen LogP contribution in [0.1, 0.15) is 6.92 Å².